The van der Waals surface area contributed by atoms with E-state index in [1.54, 1.807) is 0 Å². The molecule has 4 nitrogen and oxygen atoms in total. The fourth-order valence-corrected chi connectivity index (χ4v) is 3.57. The molecule has 1 N–H and O–H groups in total. The number of ether oxygens (including phenoxy) is 1. The second-order valence-electron chi connectivity index (χ2n) is 7.76. The van der Waals surface area contributed by atoms with Crippen molar-refractivity contribution in [3.8, 4) is 5.75 Å². The van der Waals surface area contributed by atoms with Crippen LogP contribution in [0, 0.1) is 5.92 Å². The molecule has 0 aromatic heterocycles. The lowest BCUT2D eigenvalue weighted by Crippen LogP contribution is -2.35. The Labute approximate surface area is 146 Å². The van der Waals surface area contributed by atoms with Gasteiger partial charge in [-0.15, -0.1) is 0 Å². The van der Waals surface area contributed by atoms with Crippen molar-refractivity contribution in [1.82, 2.24) is 9.80 Å². The van der Waals surface area contributed by atoms with Crippen molar-refractivity contribution in [2.75, 3.05) is 32.8 Å². The highest BCUT2D eigenvalue weighted by molar-refractivity contribution is 5.38. The molecule has 134 valence electrons. The Bertz CT molecular complexity index is 524. The zero-order valence-electron chi connectivity index (χ0n) is 15.2. The lowest BCUT2D eigenvalue weighted by Gasteiger charge is -2.29. The van der Waals surface area contributed by atoms with Gasteiger partial charge in [0, 0.05) is 38.3 Å². The highest BCUT2D eigenvalue weighted by Crippen LogP contribution is 2.26. The highest BCUT2D eigenvalue weighted by atomic mass is 16.5. The number of nitrogens with zero attached hydrogens (tertiary/aromatic N) is 2. The largest absolute Gasteiger partial charge is 0.492 e. The molecule has 1 saturated heterocycles. The second-order valence-corrected chi connectivity index (χ2v) is 7.76. The zero-order chi connectivity index (χ0) is 16.9. The molecule has 1 fully saturated rings. The molecule has 0 aliphatic carbocycles. The van der Waals surface area contributed by atoms with Crippen LogP contribution in [-0.2, 0) is 13.1 Å². The van der Waals surface area contributed by atoms with Gasteiger partial charge < -0.3 is 9.84 Å². The number of benzene rings is 1. The van der Waals surface area contributed by atoms with Gasteiger partial charge in [-0.25, -0.2) is 0 Å². The predicted octanol–water partition coefficient (Wildman–Crippen LogP) is 2.88. The maximum Gasteiger partial charge on any atom is 0.123 e. The van der Waals surface area contributed by atoms with Crippen molar-refractivity contribution in [3.05, 3.63) is 29.3 Å². The predicted molar refractivity (Wildman–Crippen MR) is 97.2 cm³/mol. The normalized spacial score (nSPS) is 20.7. The Balaban J connectivity index is 1.63. The maximum atomic E-state index is 9.65. The van der Waals surface area contributed by atoms with Crippen LogP contribution in [0.3, 0.4) is 0 Å². The number of aliphatic hydroxyl groups excluding tert-OH is 1. The van der Waals surface area contributed by atoms with Gasteiger partial charge in [-0.05, 0) is 49.4 Å². The average molecular weight is 332 g/mol. The lowest BCUT2D eigenvalue weighted by atomic mass is 10.0. The van der Waals surface area contributed by atoms with Crippen LogP contribution in [0.2, 0.25) is 0 Å². The molecule has 1 aromatic carbocycles. The lowest BCUT2D eigenvalue weighted by molar-refractivity contribution is 0.0792. The summed E-state index contributed by atoms with van der Waals surface area (Å²) in [5, 5.41) is 9.65. The molecule has 0 spiro atoms. The Hall–Kier alpha value is -1.10. The summed E-state index contributed by atoms with van der Waals surface area (Å²) in [5.74, 6) is 1.80. The first-order valence-corrected chi connectivity index (χ1v) is 9.47. The molecule has 4 heteroatoms. The molecular weight excluding hydrogens is 300 g/mol. The number of hydrogen-bond acceptors (Lipinski definition) is 4. The molecular formula is C20H32N2O2. The number of piperidine rings is 1. The minimum absolute atomic E-state index is 0.101. The molecule has 0 unspecified atom stereocenters. The number of aliphatic hydroxyl groups is 1. The summed E-state index contributed by atoms with van der Waals surface area (Å²) in [4.78, 5) is 4.97. The Morgan fingerprint density at radius 3 is 2.71 bits per heavy atom. The van der Waals surface area contributed by atoms with Gasteiger partial charge in [0.05, 0.1) is 6.10 Å². The summed E-state index contributed by atoms with van der Waals surface area (Å²) >= 11 is 0. The van der Waals surface area contributed by atoms with Gasteiger partial charge >= 0.3 is 0 Å². The Morgan fingerprint density at radius 1 is 1.17 bits per heavy atom. The average Bonchev–Trinajstić information content (AvgIpc) is 2.76. The summed E-state index contributed by atoms with van der Waals surface area (Å²) in [6.45, 7) is 11.5. The van der Waals surface area contributed by atoms with Crippen molar-refractivity contribution < 1.29 is 9.84 Å². The van der Waals surface area contributed by atoms with Crippen LogP contribution < -0.4 is 4.74 Å². The van der Waals surface area contributed by atoms with Gasteiger partial charge in [0.2, 0.25) is 0 Å². The van der Waals surface area contributed by atoms with Crippen molar-refractivity contribution >= 4 is 0 Å². The summed E-state index contributed by atoms with van der Waals surface area (Å²) in [5.41, 5.74) is 2.69. The smallest absolute Gasteiger partial charge is 0.123 e. The van der Waals surface area contributed by atoms with Crippen LogP contribution in [0.4, 0.5) is 0 Å². The second kappa shape index (κ2) is 8.32. The molecule has 2 aliphatic rings. The molecule has 0 bridgehead atoms. The van der Waals surface area contributed by atoms with Crippen molar-refractivity contribution in [2.45, 2.75) is 52.3 Å². The minimum atomic E-state index is -0.101. The number of fused-ring (bicyclic) bond motifs is 1. The Morgan fingerprint density at radius 2 is 1.96 bits per heavy atom. The summed E-state index contributed by atoms with van der Waals surface area (Å²) in [6.07, 6.45) is 2.94. The van der Waals surface area contributed by atoms with E-state index < -0.39 is 0 Å². The number of likely N-dealkylation sites (tertiary alicyclic amines) is 1. The summed E-state index contributed by atoms with van der Waals surface area (Å²) in [7, 11) is 0. The van der Waals surface area contributed by atoms with Gasteiger partial charge in [0.1, 0.15) is 12.4 Å². The third-order valence-corrected chi connectivity index (χ3v) is 5.17. The van der Waals surface area contributed by atoms with Crippen LogP contribution in [-0.4, -0.2) is 53.8 Å². The molecule has 0 atom stereocenters. The van der Waals surface area contributed by atoms with E-state index in [1.165, 1.54) is 17.5 Å². The van der Waals surface area contributed by atoms with E-state index in [4.69, 9.17) is 4.74 Å². The van der Waals surface area contributed by atoms with Gasteiger partial charge in [-0.3, -0.25) is 9.80 Å². The van der Waals surface area contributed by atoms with E-state index in [9.17, 15) is 5.11 Å². The third kappa shape index (κ3) is 4.95. The summed E-state index contributed by atoms with van der Waals surface area (Å²) in [6, 6.07) is 6.68. The number of rotatable bonds is 5. The van der Waals surface area contributed by atoms with E-state index >= 15 is 0 Å². The molecule has 0 saturated carbocycles. The van der Waals surface area contributed by atoms with E-state index in [-0.39, 0.29) is 6.10 Å². The fourth-order valence-electron chi connectivity index (χ4n) is 3.57. The van der Waals surface area contributed by atoms with Gasteiger partial charge in [0.25, 0.3) is 0 Å². The number of hydrogen-bond donors (Lipinski definition) is 1. The SMILES string of the molecule is CC(C)CCN1CCOc2ccc(CN3CCC(O)CC3)cc2C1. The quantitative estimate of drug-likeness (QED) is 0.899. The van der Waals surface area contributed by atoms with Gasteiger partial charge in [-0.1, -0.05) is 19.9 Å². The molecule has 24 heavy (non-hydrogen) atoms. The molecule has 0 radical (unpaired) electrons. The Kier molecular flexibility index (Phi) is 6.14. The van der Waals surface area contributed by atoms with Crippen LogP contribution >= 0.6 is 0 Å². The topological polar surface area (TPSA) is 35.9 Å². The van der Waals surface area contributed by atoms with Gasteiger partial charge in [0.15, 0.2) is 0 Å². The maximum absolute atomic E-state index is 9.65. The monoisotopic (exact) mass is 332 g/mol. The third-order valence-electron chi connectivity index (χ3n) is 5.17. The van der Waals surface area contributed by atoms with Gasteiger partial charge in [-0.2, -0.15) is 0 Å². The fraction of sp³-hybridized carbons (Fsp3) is 0.700. The molecule has 1 aromatic rings. The van der Waals surface area contributed by atoms with Crippen LogP contribution in [0.25, 0.3) is 0 Å². The minimum Gasteiger partial charge on any atom is -0.492 e. The molecule has 0 amide bonds. The van der Waals surface area contributed by atoms with E-state index in [2.05, 4.69) is 41.8 Å². The standard InChI is InChI=1S/C20H32N2O2/c1-16(2)5-8-22-11-12-24-20-4-3-17(13-18(20)15-22)14-21-9-6-19(23)7-10-21/h3-4,13,16,19,23H,5-12,14-15H2,1-2H3. The van der Waals surface area contributed by atoms with Crippen molar-refractivity contribution in [3.63, 3.8) is 0 Å². The molecule has 2 heterocycles. The van der Waals surface area contributed by atoms with Crippen molar-refractivity contribution in [2.24, 2.45) is 5.92 Å². The zero-order valence-corrected chi connectivity index (χ0v) is 15.2. The van der Waals surface area contributed by atoms with Crippen LogP contribution in [0.5, 0.6) is 5.75 Å². The van der Waals surface area contributed by atoms with E-state index in [1.807, 2.05) is 0 Å². The van der Waals surface area contributed by atoms with Crippen molar-refractivity contribution in [1.29, 1.82) is 0 Å². The molecule has 3 rings (SSSR count). The van der Waals surface area contributed by atoms with Crippen LogP contribution in [0.15, 0.2) is 18.2 Å². The first kappa shape index (κ1) is 17.7. The van der Waals surface area contributed by atoms with Crippen LogP contribution in [0.1, 0.15) is 44.2 Å². The highest BCUT2D eigenvalue weighted by Gasteiger charge is 2.19. The first-order chi connectivity index (χ1) is 11.6. The molecule has 2 aliphatic heterocycles. The first-order valence-electron chi connectivity index (χ1n) is 9.47. The van der Waals surface area contributed by atoms with E-state index in [0.717, 1.165) is 70.4 Å². The summed E-state index contributed by atoms with van der Waals surface area (Å²) < 4.78 is 5.96. The van der Waals surface area contributed by atoms with E-state index in [0.29, 0.717) is 0 Å².